The number of carbonyl (C=O) groups excluding carboxylic acids is 8. The van der Waals surface area contributed by atoms with E-state index in [1.165, 1.54) is 30.5 Å². The number of fused-ring (bicyclic) bond motifs is 1. The molecule has 0 bridgehead atoms. The predicted molar refractivity (Wildman–Crippen MR) is 265 cm³/mol. The summed E-state index contributed by atoms with van der Waals surface area (Å²) >= 11 is 0. The number of unbranched alkanes of at least 4 members (excludes halogenated alkanes) is 2. The number of hydrogen-bond acceptors (Lipinski definition) is 17. The lowest BCUT2D eigenvalue weighted by Gasteiger charge is -2.25. The zero-order valence-corrected chi connectivity index (χ0v) is 40.6. The Kier molecular flexibility index (Phi) is 20.0. The van der Waals surface area contributed by atoms with E-state index in [1.54, 1.807) is 57.3 Å². The average molecular weight is 1010 g/mol. The second-order valence-corrected chi connectivity index (χ2v) is 17.4. The molecule has 1 aliphatic rings. The first kappa shape index (κ1) is 55.2. The summed E-state index contributed by atoms with van der Waals surface area (Å²) in [5.41, 5.74) is 19.7. The second-order valence-electron chi connectivity index (χ2n) is 17.4. The number of carboxylic acids is 1. The van der Waals surface area contributed by atoms with Gasteiger partial charge in [-0.15, -0.1) is 0 Å². The van der Waals surface area contributed by atoms with E-state index >= 15 is 0 Å². The van der Waals surface area contributed by atoms with Crippen molar-refractivity contribution in [2.75, 3.05) is 41.8 Å². The molecular weight excluding hydrogens is 949 g/mol. The van der Waals surface area contributed by atoms with Crippen LogP contribution in [0.25, 0.3) is 11.2 Å². The van der Waals surface area contributed by atoms with Crippen LogP contribution in [0.5, 0.6) is 0 Å². The minimum atomic E-state index is -1.40. The molecule has 0 spiro atoms. The van der Waals surface area contributed by atoms with E-state index in [0.717, 1.165) is 4.90 Å². The summed E-state index contributed by atoms with van der Waals surface area (Å²) in [6.45, 7) is 3.97. The number of ether oxygens (including phenoxy) is 1. The van der Waals surface area contributed by atoms with Gasteiger partial charge in [0.25, 0.3) is 17.7 Å². The molecule has 5 rings (SSSR count). The largest absolute Gasteiger partial charge is 0.480 e. The number of nitrogens with zero attached hydrogens (tertiary/aromatic N) is 6. The van der Waals surface area contributed by atoms with Crippen LogP contribution in [0, 0.1) is 5.92 Å². The fourth-order valence-corrected chi connectivity index (χ4v) is 7.38. The average Bonchev–Trinajstić information content (AvgIpc) is 3.67. The van der Waals surface area contributed by atoms with Gasteiger partial charge in [-0.3, -0.25) is 38.5 Å². The lowest BCUT2D eigenvalue weighted by Crippen LogP contribution is -2.54. The van der Waals surface area contributed by atoms with E-state index in [9.17, 15) is 48.3 Å². The SMILES string of the molecule is CC(C)[C@H](NC(=O)CCCCCN1C(=O)C=CC1=O)C(=O)N[C@@H](CCCNC(N)=O)C(=O)Nc1ccc(COC(=O)CC[C@H](NC(=O)c2ccc(N(C)Cc3cnc4nc(N)nc(N)c4n3)cc2)C(=O)O)cc1. The fourth-order valence-electron chi connectivity index (χ4n) is 7.38. The Balaban J connectivity index is 1.06. The van der Waals surface area contributed by atoms with Crippen molar-refractivity contribution in [3.8, 4) is 0 Å². The van der Waals surface area contributed by atoms with Crippen molar-refractivity contribution < 1.29 is 53.0 Å². The number of imide groups is 1. The highest BCUT2D eigenvalue weighted by Gasteiger charge is 2.29. The number of benzene rings is 2. The molecule has 2 aromatic carbocycles. The number of primary amides is 1. The number of aromatic nitrogens is 4. The van der Waals surface area contributed by atoms with Gasteiger partial charge in [0.1, 0.15) is 24.7 Å². The van der Waals surface area contributed by atoms with E-state index < -0.39 is 53.8 Å². The maximum Gasteiger partial charge on any atom is 0.326 e. The van der Waals surface area contributed by atoms with Gasteiger partial charge in [-0.25, -0.2) is 19.6 Å². The number of hydrogen-bond donors (Lipinski definition) is 9. The van der Waals surface area contributed by atoms with Crippen LogP contribution in [0.1, 0.15) is 86.8 Å². The third-order valence-electron chi connectivity index (χ3n) is 11.4. The Morgan fingerprint density at radius 3 is 2.15 bits per heavy atom. The number of urea groups is 1. The Morgan fingerprint density at radius 1 is 0.795 bits per heavy atom. The highest BCUT2D eigenvalue weighted by atomic mass is 16.5. The molecule has 388 valence electrons. The van der Waals surface area contributed by atoms with Crippen molar-refractivity contribution in [3.63, 3.8) is 0 Å². The molecule has 25 heteroatoms. The number of anilines is 4. The van der Waals surface area contributed by atoms with Crippen LogP contribution < -0.4 is 48.7 Å². The van der Waals surface area contributed by atoms with Crippen LogP contribution in [-0.2, 0) is 51.5 Å². The molecule has 0 radical (unpaired) electrons. The number of carboxylic acid groups (broad SMARTS) is 1. The molecular formula is C48H60N14O11. The van der Waals surface area contributed by atoms with E-state index in [-0.39, 0.29) is 98.4 Å². The molecule has 0 saturated carbocycles. The van der Waals surface area contributed by atoms with Crippen LogP contribution >= 0.6 is 0 Å². The number of nitrogens with two attached hydrogens (primary N) is 3. The first-order valence-corrected chi connectivity index (χ1v) is 23.4. The summed E-state index contributed by atoms with van der Waals surface area (Å²) in [4.78, 5) is 132. The van der Waals surface area contributed by atoms with Gasteiger partial charge in [-0.05, 0) is 80.0 Å². The molecule has 0 unspecified atom stereocenters. The topological polar surface area (TPSA) is 379 Å². The summed E-state index contributed by atoms with van der Waals surface area (Å²) in [6.07, 6.45) is 5.34. The van der Waals surface area contributed by atoms with Gasteiger partial charge in [-0.2, -0.15) is 9.97 Å². The minimum absolute atomic E-state index is 0.0164. The Labute approximate surface area is 419 Å². The van der Waals surface area contributed by atoms with Gasteiger partial charge >= 0.3 is 18.0 Å². The number of esters is 1. The maximum absolute atomic E-state index is 13.6. The number of aliphatic carboxylic acids is 1. The van der Waals surface area contributed by atoms with Gasteiger partial charge in [0, 0.05) is 62.1 Å². The zero-order valence-electron chi connectivity index (χ0n) is 40.6. The Hall–Kier alpha value is -8.77. The van der Waals surface area contributed by atoms with Crippen LogP contribution in [-0.4, -0.2) is 122 Å². The van der Waals surface area contributed by atoms with Gasteiger partial charge < -0.3 is 58.5 Å². The van der Waals surface area contributed by atoms with Crippen molar-refractivity contribution in [2.24, 2.45) is 11.7 Å². The highest BCUT2D eigenvalue weighted by molar-refractivity contribution is 6.12. The molecule has 3 heterocycles. The van der Waals surface area contributed by atoms with Crippen molar-refractivity contribution in [3.05, 3.63) is 83.7 Å². The van der Waals surface area contributed by atoms with E-state index in [4.69, 9.17) is 21.9 Å². The number of rotatable bonds is 27. The van der Waals surface area contributed by atoms with E-state index in [2.05, 4.69) is 46.5 Å². The normalized spacial score (nSPS) is 13.2. The van der Waals surface area contributed by atoms with E-state index in [0.29, 0.717) is 54.0 Å². The second kappa shape index (κ2) is 26.4. The van der Waals surface area contributed by atoms with Crippen molar-refractivity contribution in [2.45, 2.75) is 96.5 Å². The number of nitrogens with one attached hydrogen (secondary N) is 5. The summed E-state index contributed by atoms with van der Waals surface area (Å²) in [5, 5.41) is 22.9. The molecule has 3 atom stereocenters. The van der Waals surface area contributed by atoms with Crippen molar-refractivity contribution in [1.82, 2.24) is 46.1 Å². The standard InChI is InChI=1S/C48H60N14O11/c1-27(2)39(58-35(63)9-5-4-6-23-62-36(64)19-20-37(62)65)45(69)56-33(8-7-22-52-48(51)72)44(68)55-30-14-10-28(11-15-30)26-73-38(66)21-18-34(46(70)71)57-43(67)29-12-16-32(17-13-29)61(3)25-31-24-53-42-40(54-31)41(49)59-47(50)60-42/h10-17,19-20,24,27,33-34,39H,4-9,18,21-23,25-26H2,1-3H3,(H,55,68)(H,56,69)(H,57,67)(H,58,63)(H,70,71)(H3,51,52,72)(H4,49,50,53,59,60)/t33-,34-,39-/m0/s1. The van der Waals surface area contributed by atoms with Gasteiger partial charge in [0.15, 0.2) is 17.0 Å². The third kappa shape index (κ3) is 17.0. The Bertz CT molecular complexity index is 2680. The van der Waals surface area contributed by atoms with E-state index in [1.807, 2.05) is 4.90 Å². The molecule has 73 heavy (non-hydrogen) atoms. The number of carbonyl (C=O) groups is 9. The first-order chi connectivity index (χ1) is 34.8. The van der Waals surface area contributed by atoms with Crippen LogP contribution in [0.15, 0.2) is 66.9 Å². The molecule has 8 amide bonds. The smallest absolute Gasteiger partial charge is 0.326 e. The van der Waals surface area contributed by atoms with Crippen molar-refractivity contribution >= 4 is 87.7 Å². The molecule has 25 nitrogen and oxygen atoms in total. The molecule has 0 aliphatic carbocycles. The molecule has 1 aliphatic heterocycles. The summed E-state index contributed by atoms with van der Waals surface area (Å²) in [7, 11) is 1.80. The highest BCUT2D eigenvalue weighted by Crippen LogP contribution is 2.20. The quantitative estimate of drug-likeness (QED) is 0.0232. The van der Waals surface area contributed by atoms with Gasteiger partial charge in [0.2, 0.25) is 23.7 Å². The number of nitrogen functional groups attached to an aromatic ring is 2. The van der Waals surface area contributed by atoms with Crippen LogP contribution in [0.2, 0.25) is 0 Å². The molecule has 2 aromatic heterocycles. The lowest BCUT2D eigenvalue weighted by molar-refractivity contribution is -0.146. The zero-order chi connectivity index (χ0) is 53.2. The molecule has 0 fully saturated rings. The summed E-state index contributed by atoms with van der Waals surface area (Å²) in [6, 6.07) is 8.43. The first-order valence-electron chi connectivity index (χ1n) is 23.4. The third-order valence-corrected chi connectivity index (χ3v) is 11.4. The van der Waals surface area contributed by atoms with Crippen LogP contribution in [0.4, 0.5) is 27.9 Å². The minimum Gasteiger partial charge on any atom is -0.480 e. The molecule has 0 saturated heterocycles. The molecule has 12 N–H and O–H groups in total. The van der Waals surface area contributed by atoms with Gasteiger partial charge in [0.05, 0.1) is 18.4 Å². The maximum atomic E-state index is 13.6. The Morgan fingerprint density at radius 2 is 1.49 bits per heavy atom. The summed E-state index contributed by atoms with van der Waals surface area (Å²) in [5.74, 6) is -5.33. The van der Waals surface area contributed by atoms with Crippen molar-refractivity contribution in [1.29, 1.82) is 0 Å². The monoisotopic (exact) mass is 1010 g/mol. The van der Waals surface area contributed by atoms with Gasteiger partial charge in [-0.1, -0.05) is 32.4 Å². The summed E-state index contributed by atoms with van der Waals surface area (Å²) < 4.78 is 5.36. The number of amides is 8. The van der Waals surface area contributed by atoms with Crippen LogP contribution in [0.3, 0.4) is 0 Å². The fraction of sp³-hybridized carbons (Fsp3) is 0.396. The molecule has 4 aromatic rings. The predicted octanol–water partition coefficient (Wildman–Crippen LogP) is 1.43. The lowest BCUT2D eigenvalue weighted by atomic mass is 10.0.